The molecular formula is C16H23BrN2. The lowest BCUT2D eigenvalue weighted by Gasteiger charge is -2.29. The van der Waals surface area contributed by atoms with Crippen LogP contribution in [0, 0.1) is 5.92 Å². The Hall–Kier alpha value is -0.540. The first kappa shape index (κ1) is 13.4. The summed E-state index contributed by atoms with van der Waals surface area (Å²) < 4.78 is 1.19. The molecule has 2 aliphatic rings. The van der Waals surface area contributed by atoms with Crippen molar-refractivity contribution in [3.8, 4) is 0 Å². The number of halogens is 1. The Bertz CT molecular complexity index is 440. The van der Waals surface area contributed by atoms with Gasteiger partial charge in [0.1, 0.15) is 0 Å². The summed E-state index contributed by atoms with van der Waals surface area (Å²) in [6.45, 7) is 2.30. The molecule has 0 bridgehead atoms. The van der Waals surface area contributed by atoms with Crippen LogP contribution in [0.4, 0.5) is 5.69 Å². The maximum Gasteiger partial charge on any atom is 0.0318 e. The van der Waals surface area contributed by atoms with Gasteiger partial charge in [0.25, 0.3) is 0 Å². The van der Waals surface area contributed by atoms with Crippen LogP contribution >= 0.6 is 15.9 Å². The number of nitrogens with zero attached hydrogens (tertiary/aromatic N) is 1. The zero-order valence-corrected chi connectivity index (χ0v) is 13.0. The number of nitrogen functional groups attached to an aromatic ring is 1. The van der Waals surface area contributed by atoms with Crippen LogP contribution in [0.2, 0.25) is 0 Å². The van der Waals surface area contributed by atoms with Gasteiger partial charge in [0.2, 0.25) is 0 Å². The van der Waals surface area contributed by atoms with Crippen LogP contribution in [0.1, 0.15) is 44.1 Å². The third kappa shape index (κ3) is 2.97. The minimum Gasteiger partial charge on any atom is -0.399 e. The fourth-order valence-electron chi connectivity index (χ4n) is 3.86. The van der Waals surface area contributed by atoms with Crippen LogP contribution in [0.15, 0.2) is 22.7 Å². The number of rotatable bonds is 3. The van der Waals surface area contributed by atoms with Gasteiger partial charge in [-0.25, -0.2) is 0 Å². The standard InChI is InChI=1S/C16H23BrN2/c17-15-8-7-14(18)10-13(15)11-19-9-3-6-16(19)12-4-1-2-5-12/h7-8,10,12,16H,1-6,9,11,18H2. The smallest absolute Gasteiger partial charge is 0.0318 e. The minimum absolute atomic E-state index is 0.816. The van der Waals surface area contributed by atoms with Crippen molar-refractivity contribution in [2.75, 3.05) is 12.3 Å². The van der Waals surface area contributed by atoms with Gasteiger partial charge in [-0.2, -0.15) is 0 Å². The van der Waals surface area contributed by atoms with E-state index in [-0.39, 0.29) is 0 Å². The quantitative estimate of drug-likeness (QED) is 0.845. The number of hydrogen-bond donors (Lipinski definition) is 1. The van der Waals surface area contributed by atoms with Crippen LogP contribution in [0.25, 0.3) is 0 Å². The number of likely N-dealkylation sites (tertiary alicyclic amines) is 1. The highest BCUT2D eigenvalue weighted by atomic mass is 79.9. The second-order valence-corrected chi connectivity index (χ2v) is 6.93. The molecule has 2 nitrogen and oxygen atoms in total. The summed E-state index contributed by atoms with van der Waals surface area (Å²) >= 11 is 3.66. The Morgan fingerprint density at radius 2 is 1.95 bits per heavy atom. The summed E-state index contributed by atoms with van der Waals surface area (Å²) in [5, 5.41) is 0. The monoisotopic (exact) mass is 322 g/mol. The first-order valence-electron chi connectivity index (χ1n) is 7.52. The molecule has 3 rings (SSSR count). The second-order valence-electron chi connectivity index (χ2n) is 6.08. The zero-order valence-electron chi connectivity index (χ0n) is 11.4. The molecule has 1 aromatic rings. The van der Waals surface area contributed by atoms with E-state index in [9.17, 15) is 0 Å². The van der Waals surface area contributed by atoms with E-state index in [1.54, 1.807) is 0 Å². The van der Waals surface area contributed by atoms with Crippen molar-refractivity contribution < 1.29 is 0 Å². The summed E-state index contributed by atoms with van der Waals surface area (Å²) in [4.78, 5) is 2.69. The molecule has 1 aliphatic carbocycles. The van der Waals surface area contributed by atoms with Gasteiger partial charge in [-0.15, -0.1) is 0 Å². The molecule has 1 unspecified atom stereocenters. The number of benzene rings is 1. The van der Waals surface area contributed by atoms with E-state index < -0.39 is 0 Å². The van der Waals surface area contributed by atoms with E-state index in [0.717, 1.165) is 24.2 Å². The van der Waals surface area contributed by atoms with Gasteiger partial charge >= 0.3 is 0 Å². The van der Waals surface area contributed by atoms with Gasteiger partial charge in [-0.3, -0.25) is 4.90 Å². The molecule has 2 N–H and O–H groups in total. The molecular weight excluding hydrogens is 300 g/mol. The molecule has 1 saturated heterocycles. The molecule has 3 heteroatoms. The molecule has 0 aromatic heterocycles. The Balaban J connectivity index is 1.72. The van der Waals surface area contributed by atoms with Crippen molar-refractivity contribution in [3.63, 3.8) is 0 Å². The summed E-state index contributed by atoms with van der Waals surface area (Å²) in [7, 11) is 0. The highest BCUT2D eigenvalue weighted by molar-refractivity contribution is 9.10. The SMILES string of the molecule is Nc1ccc(Br)c(CN2CCCC2C2CCCC2)c1. The number of hydrogen-bond acceptors (Lipinski definition) is 2. The summed E-state index contributed by atoms with van der Waals surface area (Å²) in [6, 6.07) is 6.97. The zero-order chi connectivity index (χ0) is 13.2. The summed E-state index contributed by atoms with van der Waals surface area (Å²) in [6.07, 6.45) is 8.53. The largest absolute Gasteiger partial charge is 0.399 e. The summed E-state index contributed by atoms with van der Waals surface area (Å²) in [5.74, 6) is 0.947. The third-order valence-electron chi connectivity index (χ3n) is 4.80. The molecule has 1 aliphatic heterocycles. The van der Waals surface area contributed by atoms with Crippen molar-refractivity contribution >= 4 is 21.6 Å². The average Bonchev–Trinajstić information content (AvgIpc) is 3.03. The van der Waals surface area contributed by atoms with Crippen LogP contribution < -0.4 is 5.73 Å². The van der Waals surface area contributed by atoms with Gasteiger partial charge in [0, 0.05) is 22.7 Å². The van der Waals surface area contributed by atoms with Gasteiger partial charge < -0.3 is 5.73 Å². The molecule has 1 atom stereocenters. The molecule has 0 amide bonds. The molecule has 2 fully saturated rings. The lowest BCUT2D eigenvalue weighted by molar-refractivity contribution is 0.183. The lowest BCUT2D eigenvalue weighted by atomic mass is 9.96. The molecule has 1 heterocycles. The van der Waals surface area contributed by atoms with Crippen molar-refractivity contribution in [2.24, 2.45) is 5.92 Å². The molecule has 1 saturated carbocycles. The van der Waals surface area contributed by atoms with Crippen molar-refractivity contribution in [3.05, 3.63) is 28.2 Å². The summed E-state index contributed by atoms with van der Waals surface area (Å²) in [5.41, 5.74) is 8.13. The third-order valence-corrected chi connectivity index (χ3v) is 5.58. The Labute approximate surface area is 124 Å². The fourth-order valence-corrected chi connectivity index (χ4v) is 4.23. The average molecular weight is 323 g/mol. The normalized spacial score (nSPS) is 25.2. The Kier molecular flexibility index (Phi) is 4.13. The van der Waals surface area contributed by atoms with Crippen molar-refractivity contribution in [1.82, 2.24) is 4.90 Å². The van der Waals surface area contributed by atoms with E-state index in [1.807, 2.05) is 6.07 Å². The fraction of sp³-hybridized carbons (Fsp3) is 0.625. The molecule has 104 valence electrons. The Morgan fingerprint density at radius 1 is 1.16 bits per heavy atom. The van der Waals surface area contributed by atoms with Gasteiger partial charge in [-0.1, -0.05) is 28.8 Å². The first-order chi connectivity index (χ1) is 9.24. The van der Waals surface area contributed by atoms with Crippen LogP contribution in [0.3, 0.4) is 0 Å². The first-order valence-corrected chi connectivity index (χ1v) is 8.31. The van der Waals surface area contributed by atoms with Crippen LogP contribution in [0.5, 0.6) is 0 Å². The molecule has 19 heavy (non-hydrogen) atoms. The predicted octanol–water partition coefficient (Wildman–Crippen LogP) is 4.19. The predicted molar refractivity (Wildman–Crippen MR) is 83.9 cm³/mol. The molecule has 0 radical (unpaired) electrons. The number of anilines is 1. The van der Waals surface area contributed by atoms with E-state index in [1.165, 1.54) is 55.1 Å². The highest BCUT2D eigenvalue weighted by Crippen LogP contribution is 2.36. The topological polar surface area (TPSA) is 29.3 Å². The molecule has 1 aromatic carbocycles. The van der Waals surface area contributed by atoms with Gasteiger partial charge in [0.15, 0.2) is 0 Å². The van der Waals surface area contributed by atoms with Crippen LogP contribution in [-0.2, 0) is 6.54 Å². The van der Waals surface area contributed by atoms with E-state index >= 15 is 0 Å². The van der Waals surface area contributed by atoms with E-state index in [2.05, 4.69) is 33.0 Å². The minimum atomic E-state index is 0.816. The second kappa shape index (κ2) is 5.84. The van der Waals surface area contributed by atoms with Crippen molar-refractivity contribution in [2.45, 2.75) is 51.1 Å². The van der Waals surface area contributed by atoms with Gasteiger partial charge in [0.05, 0.1) is 0 Å². The maximum atomic E-state index is 5.92. The van der Waals surface area contributed by atoms with Crippen LogP contribution in [-0.4, -0.2) is 17.5 Å². The Morgan fingerprint density at radius 3 is 2.74 bits per heavy atom. The lowest BCUT2D eigenvalue weighted by Crippen LogP contribution is -2.34. The highest BCUT2D eigenvalue weighted by Gasteiger charge is 2.33. The number of nitrogens with two attached hydrogens (primary N) is 1. The van der Waals surface area contributed by atoms with Gasteiger partial charge in [-0.05, 0) is 61.9 Å². The maximum absolute atomic E-state index is 5.92. The van der Waals surface area contributed by atoms with E-state index in [4.69, 9.17) is 5.73 Å². The van der Waals surface area contributed by atoms with E-state index in [0.29, 0.717) is 0 Å². The molecule has 0 spiro atoms. The van der Waals surface area contributed by atoms with Crippen molar-refractivity contribution in [1.29, 1.82) is 0 Å².